The zero-order valence-corrected chi connectivity index (χ0v) is 9.11. The van der Waals surface area contributed by atoms with Gasteiger partial charge in [-0.2, -0.15) is 0 Å². The lowest BCUT2D eigenvalue weighted by Crippen LogP contribution is -2.54. The molecule has 1 rings (SSSR count). The molecule has 3 nitrogen and oxygen atoms in total. The molecule has 0 aliphatic heterocycles. The van der Waals surface area contributed by atoms with Crippen LogP contribution in [0.5, 0.6) is 0 Å². The smallest absolute Gasteiger partial charge is 0.373 e. The van der Waals surface area contributed by atoms with Crippen molar-refractivity contribution in [1.29, 1.82) is 0 Å². The van der Waals surface area contributed by atoms with Crippen LogP contribution in [0.2, 0.25) is 0 Å². The van der Waals surface area contributed by atoms with Crippen molar-refractivity contribution in [3.05, 3.63) is 30.3 Å². The third kappa shape index (κ3) is 2.42. The molecule has 4 heteroatoms. The van der Waals surface area contributed by atoms with E-state index in [1.165, 1.54) is 0 Å². The van der Waals surface area contributed by atoms with E-state index >= 15 is 0 Å². The van der Waals surface area contributed by atoms with Crippen molar-refractivity contribution in [1.82, 2.24) is 0 Å². The molecular formula is C10H18O3Si. The number of benzene rings is 1. The predicted octanol–water partition coefficient (Wildman–Crippen LogP) is 1.41. The Bertz CT molecular complexity index is 239. The highest BCUT2D eigenvalue weighted by Crippen LogP contribution is 2.05. The van der Waals surface area contributed by atoms with Gasteiger partial charge < -0.3 is 13.3 Å². The molecular weight excluding hydrogens is 196 g/mol. The van der Waals surface area contributed by atoms with Crippen molar-refractivity contribution >= 4 is 14.0 Å². The molecule has 0 unspecified atom stereocenters. The minimum Gasteiger partial charge on any atom is -0.373 e. The van der Waals surface area contributed by atoms with E-state index in [-0.39, 0.29) is 7.43 Å². The highest BCUT2D eigenvalue weighted by Gasteiger charge is 2.40. The van der Waals surface area contributed by atoms with E-state index in [9.17, 15) is 0 Å². The van der Waals surface area contributed by atoms with Gasteiger partial charge in [-0.05, 0) is 0 Å². The van der Waals surface area contributed by atoms with Gasteiger partial charge in [0.15, 0.2) is 0 Å². The maximum absolute atomic E-state index is 5.32. The van der Waals surface area contributed by atoms with E-state index in [1.54, 1.807) is 21.3 Å². The molecule has 0 aliphatic rings. The zero-order valence-electron chi connectivity index (χ0n) is 8.11. The molecule has 0 bridgehead atoms. The summed E-state index contributed by atoms with van der Waals surface area (Å²) in [5, 5.41) is 0.975. The fourth-order valence-electron chi connectivity index (χ4n) is 1.25. The lowest BCUT2D eigenvalue weighted by Gasteiger charge is -2.24. The monoisotopic (exact) mass is 214 g/mol. The molecule has 0 heterocycles. The number of hydrogen-bond donors (Lipinski definition) is 0. The second-order valence-electron chi connectivity index (χ2n) is 2.53. The van der Waals surface area contributed by atoms with Gasteiger partial charge >= 0.3 is 8.80 Å². The van der Waals surface area contributed by atoms with Crippen molar-refractivity contribution in [2.75, 3.05) is 21.3 Å². The first-order valence-electron chi connectivity index (χ1n) is 4.00. The molecule has 0 N–H and O–H groups in total. The molecule has 0 aliphatic carbocycles. The quantitative estimate of drug-likeness (QED) is 0.709. The molecule has 0 spiro atoms. The molecule has 0 amide bonds. The van der Waals surface area contributed by atoms with Gasteiger partial charge in [-0.3, -0.25) is 0 Å². The fourth-order valence-corrected chi connectivity index (χ4v) is 3.05. The van der Waals surface area contributed by atoms with E-state index in [4.69, 9.17) is 13.3 Å². The number of rotatable bonds is 4. The van der Waals surface area contributed by atoms with Gasteiger partial charge in [0.05, 0.1) is 0 Å². The van der Waals surface area contributed by atoms with Crippen LogP contribution in [0.4, 0.5) is 0 Å². The first kappa shape index (κ1) is 13.3. The minimum absolute atomic E-state index is 0. The number of hydrogen-bond acceptors (Lipinski definition) is 3. The average Bonchev–Trinajstić information content (AvgIpc) is 2.23. The molecule has 14 heavy (non-hydrogen) atoms. The second kappa shape index (κ2) is 5.92. The Morgan fingerprint density at radius 3 is 1.64 bits per heavy atom. The topological polar surface area (TPSA) is 27.7 Å². The standard InChI is InChI=1S/C9H14O3Si.CH4/c1-10-13(11-2,12-3)9-7-5-4-6-8-9;/h4-8H,1-3H3;1H4. The van der Waals surface area contributed by atoms with Gasteiger partial charge in [0.25, 0.3) is 0 Å². The Morgan fingerprint density at radius 1 is 0.857 bits per heavy atom. The van der Waals surface area contributed by atoms with E-state index in [1.807, 2.05) is 30.3 Å². The van der Waals surface area contributed by atoms with Crippen molar-refractivity contribution in [3.63, 3.8) is 0 Å². The van der Waals surface area contributed by atoms with E-state index in [0.717, 1.165) is 5.19 Å². The highest BCUT2D eigenvalue weighted by atomic mass is 28.4. The molecule has 80 valence electrons. The van der Waals surface area contributed by atoms with E-state index in [0.29, 0.717) is 0 Å². The van der Waals surface area contributed by atoms with Gasteiger partial charge in [-0.1, -0.05) is 37.8 Å². The normalized spacial score (nSPS) is 10.8. The van der Waals surface area contributed by atoms with Crippen molar-refractivity contribution in [2.24, 2.45) is 0 Å². The summed E-state index contributed by atoms with van der Waals surface area (Å²) in [5.41, 5.74) is 0. The van der Waals surface area contributed by atoms with Crippen molar-refractivity contribution in [3.8, 4) is 0 Å². The molecule has 0 fully saturated rings. The first-order valence-corrected chi connectivity index (χ1v) is 5.72. The third-order valence-corrected chi connectivity index (χ3v) is 4.59. The molecule has 0 atom stereocenters. The highest BCUT2D eigenvalue weighted by molar-refractivity contribution is 6.75. The fraction of sp³-hybridized carbons (Fsp3) is 0.400. The van der Waals surface area contributed by atoms with Crippen LogP contribution in [-0.4, -0.2) is 30.1 Å². The SMILES string of the molecule is C.CO[Si](OC)(OC)c1ccccc1. The molecule has 0 radical (unpaired) electrons. The lowest BCUT2D eigenvalue weighted by atomic mass is 10.4. The first-order chi connectivity index (χ1) is 6.29. The van der Waals surface area contributed by atoms with Crippen LogP contribution < -0.4 is 5.19 Å². The van der Waals surface area contributed by atoms with Crippen LogP contribution in [0.1, 0.15) is 7.43 Å². The Balaban J connectivity index is 0.00000169. The summed E-state index contributed by atoms with van der Waals surface area (Å²) in [6.07, 6.45) is 0. The van der Waals surface area contributed by atoms with Crippen molar-refractivity contribution in [2.45, 2.75) is 7.43 Å². The summed E-state index contributed by atoms with van der Waals surface area (Å²) in [4.78, 5) is 0. The zero-order chi connectivity index (χ0) is 9.73. The van der Waals surface area contributed by atoms with Crippen LogP contribution >= 0.6 is 0 Å². The largest absolute Gasteiger partial charge is 0.536 e. The third-order valence-electron chi connectivity index (χ3n) is 1.93. The molecule has 0 saturated heterocycles. The van der Waals surface area contributed by atoms with Crippen LogP contribution in [0.15, 0.2) is 30.3 Å². The lowest BCUT2D eigenvalue weighted by molar-refractivity contribution is 0.140. The van der Waals surface area contributed by atoms with E-state index in [2.05, 4.69) is 0 Å². The van der Waals surface area contributed by atoms with Gasteiger partial charge in [-0.15, -0.1) is 0 Å². The molecule has 1 aromatic rings. The summed E-state index contributed by atoms with van der Waals surface area (Å²) in [5.74, 6) is 0. The Hall–Kier alpha value is -0.683. The Labute approximate surface area is 87.0 Å². The van der Waals surface area contributed by atoms with Gasteiger partial charge in [0, 0.05) is 26.5 Å². The maximum atomic E-state index is 5.32. The average molecular weight is 214 g/mol. The van der Waals surface area contributed by atoms with Gasteiger partial charge in [0.1, 0.15) is 0 Å². The van der Waals surface area contributed by atoms with Gasteiger partial charge in [-0.25, -0.2) is 0 Å². The minimum atomic E-state index is -2.59. The molecule has 0 saturated carbocycles. The van der Waals surface area contributed by atoms with Gasteiger partial charge in [0.2, 0.25) is 0 Å². The Morgan fingerprint density at radius 2 is 1.29 bits per heavy atom. The van der Waals surface area contributed by atoms with Crippen LogP contribution in [0.3, 0.4) is 0 Å². The van der Waals surface area contributed by atoms with Crippen molar-refractivity contribution < 1.29 is 13.3 Å². The molecule has 1 aromatic carbocycles. The summed E-state index contributed by atoms with van der Waals surface area (Å²) in [7, 11) is 2.22. The van der Waals surface area contributed by atoms with Crippen LogP contribution in [-0.2, 0) is 13.3 Å². The summed E-state index contributed by atoms with van der Waals surface area (Å²) in [6, 6.07) is 9.72. The molecule has 0 aromatic heterocycles. The predicted molar refractivity (Wildman–Crippen MR) is 59.6 cm³/mol. The summed E-state index contributed by atoms with van der Waals surface area (Å²) < 4.78 is 16.0. The summed E-state index contributed by atoms with van der Waals surface area (Å²) in [6.45, 7) is 0. The second-order valence-corrected chi connectivity index (χ2v) is 5.45. The maximum Gasteiger partial charge on any atom is 0.536 e. The summed E-state index contributed by atoms with van der Waals surface area (Å²) >= 11 is 0. The Kier molecular flexibility index (Phi) is 5.64. The van der Waals surface area contributed by atoms with E-state index < -0.39 is 8.80 Å². The van der Waals surface area contributed by atoms with Crippen LogP contribution in [0.25, 0.3) is 0 Å². The van der Waals surface area contributed by atoms with Crippen LogP contribution in [0, 0.1) is 0 Å².